The third kappa shape index (κ3) is 4.12. The number of carbonyl (C=O) groups is 1. The molecule has 1 aromatic carbocycles. The number of hydrogen-bond acceptors (Lipinski definition) is 5. The normalized spacial score (nSPS) is 10.6. The van der Waals surface area contributed by atoms with Crippen molar-refractivity contribution < 1.29 is 17.9 Å². The molecule has 0 radical (unpaired) electrons. The van der Waals surface area contributed by atoms with Crippen LogP contribution in [-0.2, 0) is 21.3 Å². The predicted octanol–water partition coefficient (Wildman–Crippen LogP) is 1.76. The minimum Gasteiger partial charge on any atom is -0.452 e. The summed E-state index contributed by atoms with van der Waals surface area (Å²) >= 11 is 5.71. The summed E-state index contributed by atoms with van der Waals surface area (Å²) in [5.74, 6) is -0.796. The van der Waals surface area contributed by atoms with E-state index in [0.29, 0.717) is 14.9 Å². The average molecular weight is 303 g/mol. The van der Waals surface area contributed by atoms with Crippen molar-refractivity contribution in [3.05, 3.63) is 34.9 Å². The van der Waals surface area contributed by atoms with Crippen molar-refractivity contribution in [3.8, 4) is 6.07 Å². The molecule has 0 atom stereocenters. The van der Waals surface area contributed by atoms with E-state index in [2.05, 4.69) is 4.74 Å². The molecule has 0 unspecified atom stereocenters. The molecule has 102 valence electrons. The van der Waals surface area contributed by atoms with Crippen LogP contribution in [0.25, 0.3) is 0 Å². The number of rotatable bonds is 4. The van der Waals surface area contributed by atoms with E-state index >= 15 is 0 Å². The van der Waals surface area contributed by atoms with E-state index in [1.807, 2.05) is 0 Å². The summed E-state index contributed by atoms with van der Waals surface area (Å²) in [4.78, 5) is 11.5. The van der Waals surface area contributed by atoms with Gasteiger partial charge in [0, 0.05) is 5.02 Å². The Labute approximate surface area is 116 Å². The summed E-state index contributed by atoms with van der Waals surface area (Å²) in [5, 5.41) is 8.98. The number of hydrogen-bond donors (Lipinski definition) is 0. The lowest BCUT2D eigenvalue weighted by molar-refractivity contribution is 0.147. The minimum absolute atomic E-state index is 0.214. The number of benzene rings is 1. The number of nitriles is 1. The molecule has 0 N–H and O–H groups in total. The van der Waals surface area contributed by atoms with Crippen LogP contribution in [-0.4, -0.2) is 31.7 Å². The number of halogens is 1. The Balaban J connectivity index is 3.03. The lowest BCUT2D eigenvalue weighted by Crippen LogP contribution is -2.37. The molecule has 0 heterocycles. The highest BCUT2D eigenvalue weighted by Gasteiger charge is 2.28. The first-order chi connectivity index (χ1) is 8.90. The smallest absolute Gasteiger partial charge is 0.423 e. The van der Waals surface area contributed by atoms with Gasteiger partial charge in [0.15, 0.2) is 5.75 Å². The Morgan fingerprint density at radius 2 is 2.00 bits per heavy atom. The number of carbonyl (C=O) groups excluding carboxylic acids is 1. The van der Waals surface area contributed by atoms with Crippen LogP contribution in [0.1, 0.15) is 5.56 Å². The molecule has 6 nitrogen and oxygen atoms in total. The zero-order valence-corrected chi connectivity index (χ0v) is 11.6. The largest absolute Gasteiger partial charge is 0.452 e. The van der Waals surface area contributed by atoms with Gasteiger partial charge in [-0.15, -0.1) is 0 Å². The van der Waals surface area contributed by atoms with Crippen LogP contribution < -0.4 is 0 Å². The van der Waals surface area contributed by atoms with Gasteiger partial charge >= 0.3 is 6.09 Å². The molecule has 0 aromatic heterocycles. The molecule has 0 bridgehead atoms. The van der Waals surface area contributed by atoms with Crippen molar-refractivity contribution in [1.82, 2.24) is 4.31 Å². The van der Waals surface area contributed by atoms with Gasteiger partial charge in [-0.3, -0.25) is 0 Å². The third-order valence-corrected chi connectivity index (χ3v) is 3.90. The fraction of sp³-hybridized carbons (Fsp3) is 0.273. The molecule has 0 aliphatic carbocycles. The van der Waals surface area contributed by atoms with Gasteiger partial charge in [-0.2, -0.15) is 9.57 Å². The van der Waals surface area contributed by atoms with Crippen molar-refractivity contribution in [1.29, 1.82) is 5.26 Å². The van der Waals surface area contributed by atoms with Gasteiger partial charge in [0.05, 0.1) is 19.7 Å². The fourth-order valence-electron chi connectivity index (χ4n) is 1.29. The first-order valence-electron chi connectivity index (χ1n) is 5.10. The van der Waals surface area contributed by atoms with Crippen molar-refractivity contribution in [3.63, 3.8) is 0 Å². The molecule has 1 amide bonds. The molecule has 19 heavy (non-hydrogen) atoms. The van der Waals surface area contributed by atoms with Gasteiger partial charge in [-0.1, -0.05) is 23.7 Å². The van der Waals surface area contributed by atoms with Gasteiger partial charge in [-0.05, 0) is 17.7 Å². The van der Waals surface area contributed by atoms with Crippen LogP contribution in [0.15, 0.2) is 24.3 Å². The van der Waals surface area contributed by atoms with E-state index in [4.69, 9.17) is 16.9 Å². The zero-order chi connectivity index (χ0) is 14.5. The van der Waals surface area contributed by atoms with Crippen LogP contribution in [0.5, 0.6) is 0 Å². The van der Waals surface area contributed by atoms with Crippen molar-refractivity contribution in [2.45, 2.75) is 6.54 Å². The van der Waals surface area contributed by atoms with Crippen molar-refractivity contribution >= 4 is 27.7 Å². The summed E-state index contributed by atoms with van der Waals surface area (Å²) in [7, 11) is -2.96. The summed E-state index contributed by atoms with van der Waals surface area (Å²) in [5.41, 5.74) is 0.552. The number of sulfonamides is 1. The summed E-state index contributed by atoms with van der Waals surface area (Å²) in [6.45, 7) is -0.214. The SMILES string of the molecule is COC(=O)N(Cc1ccc(Cl)cc1)S(=O)(=O)CC#N. The Hall–Kier alpha value is -1.78. The maximum atomic E-state index is 11.8. The van der Waals surface area contributed by atoms with Gasteiger partial charge in [0.2, 0.25) is 0 Å². The molecule has 0 aliphatic heterocycles. The quantitative estimate of drug-likeness (QED) is 0.845. The van der Waals surface area contributed by atoms with Gasteiger partial charge in [-0.25, -0.2) is 13.2 Å². The highest BCUT2D eigenvalue weighted by molar-refractivity contribution is 7.89. The van der Waals surface area contributed by atoms with E-state index < -0.39 is 21.9 Å². The molecule has 0 spiro atoms. The topological polar surface area (TPSA) is 87.5 Å². The monoisotopic (exact) mass is 302 g/mol. The lowest BCUT2D eigenvalue weighted by atomic mass is 10.2. The second kappa shape index (κ2) is 6.41. The Morgan fingerprint density at radius 1 is 1.42 bits per heavy atom. The first-order valence-corrected chi connectivity index (χ1v) is 7.09. The third-order valence-electron chi connectivity index (χ3n) is 2.20. The number of methoxy groups -OCH3 is 1. The molecule has 0 aliphatic rings. The first kappa shape index (κ1) is 15.3. The van der Waals surface area contributed by atoms with Crippen LogP contribution in [0.4, 0.5) is 4.79 Å². The highest BCUT2D eigenvalue weighted by atomic mass is 35.5. The molecular formula is C11H11ClN2O4S. The van der Waals surface area contributed by atoms with Crippen LogP contribution in [0, 0.1) is 11.3 Å². The zero-order valence-electron chi connectivity index (χ0n) is 10.0. The van der Waals surface area contributed by atoms with Crippen LogP contribution >= 0.6 is 11.6 Å². The maximum Gasteiger partial charge on any atom is 0.423 e. The lowest BCUT2D eigenvalue weighted by Gasteiger charge is -2.19. The Bertz CT molecular complexity index is 592. The Morgan fingerprint density at radius 3 is 2.47 bits per heavy atom. The van der Waals surface area contributed by atoms with Crippen molar-refractivity contribution in [2.24, 2.45) is 0 Å². The number of ether oxygens (including phenoxy) is 1. The predicted molar refractivity (Wildman–Crippen MR) is 68.8 cm³/mol. The Kier molecular flexibility index (Phi) is 5.15. The number of amides is 1. The van der Waals surface area contributed by atoms with Gasteiger partial charge < -0.3 is 4.74 Å². The van der Waals surface area contributed by atoms with E-state index in [-0.39, 0.29) is 6.54 Å². The van der Waals surface area contributed by atoms with E-state index in [9.17, 15) is 13.2 Å². The van der Waals surface area contributed by atoms with E-state index in [1.165, 1.54) is 6.07 Å². The standard InChI is InChI=1S/C11H11ClN2O4S/c1-18-11(15)14(19(16,17)7-6-13)8-9-2-4-10(12)5-3-9/h2-5H,7-8H2,1H3. The minimum atomic E-state index is -4.03. The second-order valence-electron chi connectivity index (χ2n) is 3.52. The second-order valence-corrected chi connectivity index (χ2v) is 5.85. The van der Waals surface area contributed by atoms with E-state index in [0.717, 1.165) is 7.11 Å². The average Bonchev–Trinajstić information content (AvgIpc) is 2.37. The summed E-state index contributed by atoms with van der Waals surface area (Å²) in [6.07, 6.45) is -1.04. The van der Waals surface area contributed by atoms with Gasteiger partial charge in [0.25, 0.3) is 10.0 Å². The summed E-state index contributed by atoms with van der Waals surface area (Å²) < 4.78 is 28.5. The molecule has 8 heteroatoms. The van der Waals surface area contributed by atoms with Gasteiger partial charge in [0.1, 0.15) is 0 Å². The van der Waals surface area contributed by atoms with Crippen LogP contribution in [0.3, 0.4) is 0 Å². The fourth-order valence-corrected chi connectivity index (χ4v) is 2.39. The summed E-state index contributed by atoms with van der Waals surface area (Å²) in [6, 6.07) is 7.82. The van der Waals surface area contributed by atoms with Crippen LogP contribution in [0.2, 0.25) is 5.02 Å². The highest BCUT2D eigenvalue weighted by Crippen LogP contribution is 2.14. The molecule has 1 aromatic rings. The van der Waals surface area contributed by atoms with Crippen molar-refractivity contribution in [2.75, 3.05) is 12.9 Å². The van der Waals surface area contributed by atoms with E-state index in [1.54, 1.807) is 24.3 Å². The molecular weight excluding hydrogens is 292 g/mol. The molecule has 0 saturated heterocycles. The molecule has 0 saturated carbocycles. The molecule has 0 fully saturated rings. The number of nitrogens with zero attached hydrogens (tertiary/aromatic N) is 2. The maximum absolute atomic E-state index is 11.8. The molecule has 1 rings (SSSR count).